The molecule has 0 bridgehead atoms. The molecule has 0 aliphatic heterocycles. The van der Waals surface area contributed by atoms with E-state index < -0.39 is 0 Å². The molecule has 2 aromatic rings. The van der Waals surface area contributed by atoms with E-state index in [9.17, 15) is 0 Å². The van der Waals surface area contributed by atoms with Gasteiger partial charge in [0.25, 0.3) is 0 Å². The third kappa shape index (κ3) is 4.19. The van der Waals surface area contributed by atoms with Crippen LogP contribution in [0, 0.1) is 0 Å². The number of rotatable bonds is 4. The van der Waals surface area contributed by atoms with E-state index in [4.69, 9.17) is 11.6 Å². The fourth-order valence-corrected chi connectivity index (χ4v) is 2.59. The fraction of sp³-hybridized carbons (Fsp3) is 0.462. The van der Waals surface area contributed by atoms with Crippen molar-refractivity contribution in [2.24, 2.45) is 7.05 Å². The molecule has 0 aliphatic carbocycles. The van der Waals surface area contributed by atoms with Crippen molar-refractivity contribution in [3.63, 3.8) is 0 Å². The summed E-state index contributed by atoms with van der Waals surface area (Å²) in [7, 11) is 1.82. The summed E-state index contributed by atoms with van der Waals surface area (Å²) in [6.45, 7) is 7.16. The lowest BCUT2D eigenvalue weighted by Gasteiger charge is -2.21. The van der Waals surface area contributed by atoms with Crippen LogP contribution in [0.5, 0.6) is 0 Å². The van der Waals surface area contributed by atoms with Crippen LogP contribution in [0.15, 0.2) is 28.3 Å². The van der Waals surface area contributed by atoms with Crippen LogP contribution in [0.2, 0.25) is 5.02 Å². The highest BCUT2D eigenvalue weighted by molar-refractivity contribution is 7.99. The molecule has 20 heavy (non-hydrogen) atoms. The largest absolute Gasteiger partial charge is 0.308 e. The number of aromatic nitrogens is 4. The molecular weight excluding hydrogens is 294 g/mol. The Morgan fingerprint density at radius 2 is 2.10 bits per heavy atom. The molecule has 1 aromatic heterocycles. The highest BCUT2D eigenvalue weighted by Gasteiger charge is 2.13. The van der Waals surface area contributed by atoms with Gasteiger partial charge in [0.1, 0.15) is 0 Å². The average molecular weight is 312 g/mol. The Bertz CT molecular complexity index is 591. The van der Waals surface area contributed by atoms with E-state index in [0.29, 0.717) is 0 Å². The average Bonchev–Trinajstić information content (AvgIpc) is 2.74. The van der Waals surface area contributed by atoms with Crippen molar-refractivity contribution >= 4 is 23.4 Å². The van der Waals surface area contributed by atoms with Crippen molar-refractivity contribution in [1.82, 2.24) is 25.5 Å². The molecule has 108 valence electrons. The molecule has 0 fully saturated rings. The van der Waals surface area contributed by atoms with E-state index in [0.717, 1.165) is 27.2 Å². The predicted octanol–water partition coefficient (Wildman–Crippen LogP) is 2.90. The maximum Gasteiger partial charge on any atom is 0.213 e. The number of hydrogen-bond donors (Lipinski definition) is 1. The molecule has 0 spiro atoms. The first-order valence-corrected chi connectivity index (χ1v) is 7.48. The molecule has 0 saturated carbocycles. The van der Waals surface area contributed by atoms with Crippen molar-refractivity contribution in [2.45, 2.75) is 42.9 Å². The molecule has 0 saturated heterocycles. The van der Waals surface area contributed by atoms with E-state index in [1.807, 2.05) is 25.2 Å². The quantitative estimate of drug-likeness (QED) is 0.941. The second-order valence-electron chi connectivity index (χ2n) is 5.54. The number of halogens is 1. The van der Waals surface area contributed by atoms with Crippen LogP contribution < -0.4 is 5.32 Å². The molecule has 0 radical (unpaired) electrons. The number of aryl methyl sites for hydroxylation is 1. The zero-order chi connectivity index (χ0) is 14.8. The summed E-state index contributed by atoms with van der Waals surface area (Å²) in [5.74, 6) is 0. The van der Waals surface area contributed by atoms with Gasteiger partial charge in [-0.25, -0.2) is 4.68 Å². The summed E-state index contributed by atoms with van der Waals surface area (Å²) >= 11 is 7.63. The summed E-state index contributed by atoms with van der Waals surface area (Å²) in [5.41, 5.74) is 1.19. The zero-order valence-corrected chi connectivity index (χ0v) is 13.6. The molecule has 0 amide bonds. The molecule has 0 aliphatic rings. The van der Waals surface area contributed by atoms with Crippen LogP contribution in [0.25, 0.3) is 0 Å². The van der Waals surface area contributed by atoms with Crippen molar-refractivity contribution in [1.29, 1.82) is 0 Å². The van der Waals surface area contributed by atoms with Gasteiger partial charge >= 0.3 is 0 Å². The normalized spacial score (nSPS) is 11.8. The second-order valence-corrected chi connectivity index (χ2v) is 6.99. The molecule has 1 heterocycles. The van der Waals surface area contributed by atoms with Crippen LogP contribution in [-0.2, 0) is 13.6 Å². The number of hydrogen-bond acceptors (Lipinski definition) is 5. The smallest absolute Gasteiger partial charge is 0.213 e. The zero-order valence-electron chi connectivity index (χ0n) is 12.0. The highest BCUT2D eigenvalue weighted by atomic mass is 35.5. The van der Waals surface area contributed by atoms with Gasteiger partial charge in [0.05, 0.1) is 0 Å². The van der Waals surface area contributed by atoms with Crippen molar-refractivity contribution in [3.8, 4) is 0 Å². The molecule has 0 unspecified atom stereocenters. The number of benzene rings is 1. The molecule has 7 heteroatoms. The van der Waals surface area contributed by atoms with Crippen molar-refractivity contribution in [3.05, 3.63) is 28.8 Å². The molecule has 1 aromatic carbocycles. The maximum absolute atomic E-state index is 6.10. The second kappa shape index (κ2) is 6.11. The Morgan fingerprint density at radius 3 is 2.70 bits per heavy atom. The van der Waals surface area contributed by atoms with Gasteiger partial charge in [-0.3, -0.25) is 0 Å². The van der Waals surface area contributed by atoms with E-state index >= 15 is 0 Å². The standard InChI is InChI=1S/C13H18ClN5S/c1-13(2,3)15-8-9-7-10(14)5-6-11(9)20-12-16-17-18-19(12)4/h5-7,15H,8H2,1-4H3. The number of nitrogens with one attached hydrogen (secondary N) is 1. The lowest BCUT2D eigenvalue weighted by Crippen LogP contribution is -2.35. The van der Waals surface area contributed by atoms with Crippen molar-refractivity contribution < 1.29 is 0 Å². The third-order valence-corrected chi connectivity index (χ3v) is 4.00. The molecule has 0 atom stereocenters. The van der Waals surface area contributed by atoms with E-state index in [2.05, 4.69) is 41.6 Å². The summed E-state index contributed by atoms with van der Waals surface area (Å²) in [6.07, 6.45) is 0. The summed E-state index contributed by atoms with van der Waals surface area (Å²) < 4.78 is 1.65. The van der Waals surface area contributed by atoms with Crippen LogP contribution in [0.1, 0.15) is 26.3 Å². The van der Waals surface area contributed by atoms with Gasteiger partial charge in [-0.2, -0.15) is 0 Å². The minimum absolute atomic E-state index is 0.0522. The Hall–Kier alpha value is -1.11. The van der Waals surface area contributed by atoms with Gasteiger partial charge in [0, 0.05) is 29.0 Å². The van der Waals surface area contributed by atoms with Crippen LogP contribution >= 0.6 is 23.4 Å². The summed E-state index contributed by atoms with van der Waals surface area (Å²) in [4.78, 5) is 1.10. The van der Waals surface area contributed by atoms with Crippen LogP contribution in [-0.4, -0.2) is 25.7 Å². The Morgan fingerprint density at radius 1 is 1.35 bits per heavy atom. The minimum atomic E-state index is 0.0522. The summed E-state index contributed by atoms with van der Waals surface area (Å²) in [5, 5.41) is 16.4. The SMILES string of the molecule is Cn1nnnc1Sc1ccc(Cl)cc1CNC(C)(C)C. The number of tetrazole rings is 1. The summed E-state index contributed by atoms with van der Waals surface area (Å²) in [6, 6.07) is 5.86. The Labute approximate surface area is 128 Å². The first-order valence-electron chi connectivity index (χ1n) is 6.29. The molecular formula is C13H18ClN5S. The van der Waals surface area contributed by atoms with E-state index in [-0.39, 0.29) is 5.54 Å². The topological polar surface area (TPSA) is 55.6 Å². The highest BCUT2D eigenvalue weighted by Crippen LogP contribution is 2.30. The van der Waals surface area contributed by atoms with E-state index in [1.165, 1.54) is 11.8 Å². The Kier molecular flexibility index (Phi) is 4.67. The fourth-order valence-electron chi connectivity index (χ4n) is 1.55. The van der Waals surface area contributed by atoms with Gasteiger partial charge in [0.15, 0.2) is 0 Å². The van der Waals surface area contributed by atoms with Gasteiger partial charge in [-0.1, -0.05) is 11.6 Å². The molecule has 2 rings (SSSR count). The van der Waals surface area contributed by atoms with E-state index in [1.54, 1.807) is 4.68 Å². The Balaban J connectivity index is 2.21. The lowest BCUT2D eigenvalue weighted by atomic mass is 10.1. The first-order chi connectivity index (χ1) is 9.35. The third-order valence-electron chi connectivity index (χ3n) is 2.61. The van der Waals surface area contributed by atoms with Crippen LogP contribution in [0.4, 0.5) is 0 Å². The van der Waals surface area contributed by atoms with Gasteiger partial charge in [0.2, 0.25) is 5.16 Å². The minimum Gasteiger partial charge on any atom is -0.308 e. The van der Waals surface area contributed by atoms with Gasteiger partial charge < -0.3 is 5.32 Å². The molecule has 1 N–H and O–H groups in total. The number of nitrogens with zero attached hydrogens (tertiary/aromatic N) is 4. The van der Waals surface area contributed by atoms with Gasteiger partial charge in [-0.15, -0.1) is 5.10 Å². The van der Waals surface area contributed by atoms with Gasteiger partial charge in [-0.05, 0) is 66.7 Å². The molecule has 5 nitrogen and oxygen atoms in total. The first kappa shape index (κ1) is 15.3. The van der Waals surface area contributed by atoms with Crippen molar-refractivity contribution in [2.75, 3.05) is 0 Å². The lowest BCUT2D eigenvalue weighted by molar-refractivity contribution is 0.422. The predicted molar refractivity (Wildman–Crippen MR) is 81.0 cm³/mol. The van der Waals surface area contributed by atoms with Crippen LogP contribution in [0.3, 0.4) is 0 Å². The maximum atomic E-state index is 6.10. The monoisotopic (exact) mass is 311 g/mol.